The van der Waals surface area contributed by atoms with E-state index in [1.54, 1.807) is 12.4 Å². The molecular weight excluding hydrogens is 312 g/mol. The molecule has 2 fully saturated rings. The number of hydrogen-bond acceptors (Lipinski definition) is 4. The Morgan fingerprint density at radius 2 is 2.00 bits per heavy atom. The van der Waals surface area contributed by atoms with E-state index < -0.39 is 0 Å². The van der Waals surface area contributed by atoms with Gasteiger partial charge in [-0.25, -0.2) is 4.98 Å². The standard InChI is InChI=1S/C20H24N4O/c1-14-11-23-17(12-22-14)20(25)24-13-16(15-7-3-2-4-8-15)19-18(24)9-5-6-10-21-19/h2-4,7-8,11-12,16,18-19,21H,5-6,9-10,13H2,1H3/t16-,18-,19-/m0/s1. The fraction of sp³-hybridized carbons (Fsp3) is 0.450. The van der Waals surface area contributed by atoms with Gasteiger partial charge in [-0.1, -0.05) is 36.8 Å². The largest absolute Gasteiger partial charge is 0.332 e. The highest BCUT2D eigenvalue weighted by molar-refractivity contribution is 5.92. The predicted molar refractivity (Wildman–Crippen MR) is 96.4 cm³/mol. The van der Waals surface area contributed by atoms with Crippen LogP contribution in [0.15, 0.2) is 42.7 Å². The normalized spacial score (nSPS) is 26.1. The number of nitrogens with one attached hydrogen (secondary N) is 1. The summed E-state index contributed by atoms with van der Waals surface area (Å²) in [6.45, 7) is 3.64. The average Bonchev–Trinajstić information content (AvgIpc) is 2.84. The lowest BCUT2D eigenvalue weighted by molar-refractivity contribution is 0.0715. The fourth-order valence-electron chi connectivity index (χ4n) is 4.18. The van der Waals surface area contributed by atoms with Crippen LogP contribution in [0.1, 0.15) is 46.9 Å². The van der Waals surface area contributed by atoms with Crippen molar-refractivity contribution >= 4 is 5.91 Å². The summed E-state index contributed by atoms with van der Waals surface area (Å²) in [7, 11) is 0. The Labute approximate surface area is 148 Å². The van der Waals surface area contributed by atoms with E-state index in [4.69, 9.17) is 0 Å². The van der Waals surface area contributed by atoms with E-state index in [9.17, 15) is 4.79 Å². The van der Waals surface area contributed by atoms with Gasteiger partial charge < -0.3 is 10.2 Å². The molecule has 3 heterocycles. The van der Waals surface area contributed by atoms with Gasteiger partial charge in [-0.3, -0.25) is 9.78 Å². The van der Waals surface area contributed by atoms with Crippen molar-refractivity contribution in [3.05, 3.63) is 59.7 Å². The van der Waals surface area contributed by atoms with Crippen LogP contribution in [0, 0.1) is 6.92 Å². The van der Waals surface area contributed by atoms with Gasteiger partial charge in [0.2, 0.25) is 0 Å². The Morgan fingerprint density at radius 3 is 2.76 bits per heavy atom. The third-order valence-corrected chi connectivity index (χ3v) is 5.44. The molecule has 0 unspecified atom stereocenters. The second kappa shape index (κ2) is 6.92. The molecule has 1 aromatic carbocycles. The number of carbonyl (C=O) groups is 1. The van der Waals surface area contributed by atoms with Crippen molar-refractivity contribution in [1.29, 1.82) is 0 Å². The second-order valence-electron chi connectivity index (χ2n) is 7.06. The molecule has 25 heavy (non-hydrogen) atoms. The Bertz CT molecular complexity index is 731. The minimum Gasteiger partial charge on any atom is -0.332 e. The van der Waals surface area contributed by atoms with Crippen LogP contribution in [0.3, 0.4) is 0 Å². The molecule has 5 heteroatoms. The van der Waals surface area contributed by atoms with E-state index in [0.29, 0.717) is 17.7 Å². The Hall–Kier alpha value is -2.27. The van der Waals surface area contributed by atoms with Crippen LogP contribution in [0.25, 0.3) is 0 Å². The monoisotopic (exact) mass is 336 g/mol. The van der Waals surface area contributed by atoms with Crippen LogP contribution in [-0.4, -0.2) is 45.9 Å². The topological polar surface area (TPSA) is 58.1 Å². The van der Waals surface area contributed by atoms with Gasteiger partial charge in [0.1, 0.15) is 5.69 Å². The highest BCUT2D eigenvalue weighted by atomic mass is 16.2. The molecule has 4 rings (SSSR count). The number of benzene rings is 1. The quantitative estimate of drug-likeness (QED) is 0.916. The smallest absolute Gasteiger partial charge is 0.274 e. The lowest BCUT2D eigenvalue weighted by Crippen LogP contribution is -2.44. The summed E-state index contributed by atoms with van der Waals surface area (Å²) in [5, 5.41) is 3.71. The maximum Gasteiger partial charge on any atom is 0.274 e. The number of likely N-dealkylation sites (tertiary alicyclic amines) is 1. The van der Waals surface area contributed by atoms with Crippen molar-refractivity contribution in [2.45, 2.75) is 44.2 Å². The van der Waals surface area contributed by atoms with Crippen LogP contribution in [-0.2, 0) is 0 Å². The fourth-order valence-corrected chi connectivity index (χ4v) is 4.18. The Morgan fingerprint density at radius 1 is 1.16 bits per heavy atom. The molecule has 0 radical (unpaired) electrons. The lowest BCUT2D eigenvalue weighted by atomic mass is 9.90. The third-order valence-electron chi connectivity index (χ3n) is 5.44. The average molecular weight is 336 g/mol. The predicted octanol–water partition coefficient (Wildman–Crippen LogP) is 2.54. The van der Waals surface area contributed by atoms with Gasteiger partial charge in [-0.2, -0.15) is 0 Å². The minimum atomic E-state index is 0.00429. The van der Waals surface area contributed by atoms with Crippen LogP contribution >= 0.6 is 0 Å². The molecule has 2 saturated heterocycles. The first kappa shape index (κ1) is 16.2. The molecular formula is C20H24N4O. The zero-order chi connectivity index (χ0) is 17.2. The van der Waals surface area contributed by atoms with Crippen molar-refractivity contribution in [2.24, 2.45) is 0 Å². The molecule has 3 atom stereocenters. The summed E-state index contributed by atoms with van der Waals surface area (Å²) in [5.41, 5.74) is 2.58. The summed E-state index contributed by atoms with van der Waals surface area (Å²) in [4.78, 5) is 23.7. The first-order chi connectivity index (χ1) is 12.2. The van der Waals surface area contributed by atoms with E-state index >= 15 is 0 Å². The summed E-state index contributed by atoms with van der Waals surface area (Å²) in [5.74, 6) is 0.330. The number of carbonyl (C=O) groups excluding carboxylic acids is 1. The van der Waals surface area contributed by atoms with Gasteiger partial charge in [0.25, 0.3) is 5.91 Å². The number of hydrogen-bond donors (Lipinski definition) is 1. The minimum absolute atomic E-state index is 0.00429. The lowest BCUT2D eigenvalue weighted by Gasteiger charge is -2.27. The molecule has 0 saturated carbocycles. The molecule has 0 bridgehead atoms. The highest BCUT2D eigenvalue weighted by Crippen LogP contribution is 2.36. The van der Waals surface area contributed by atoms with Crippen LogP contribution in [0.5, 0.6) is 0 Å². The third kappa shape index (κ3) is 3.16. The second-order valence-corrected chi connectivity index (χ2v) is 7.06. The number of aryl methyl sites for hydroxylation is 1. The maximum atomic E-state index is 13.1. The molecule has 2 aromatic rings. The van der Waals surface area contributed by atoms with Crippen molar-refractivity contribution in [2.75, 3.05) is 13.1 Å². The van der Waals surface area contributed by atoms with Gasteiger partial charge in [-0.15, -0.1) is 0 Å². The van der Waals surface area contributed by atoms with Crippen molar-refractivity contribution in [1.82, 2.24) is 20.2 Å². The number of nitrogens with zero attached hydrogens (tertiary/aromatic N) is 3. The van der Waals surface area contributed by atoms with E-state index in [0.717, 1.165) is 31.6 Å². The van der Waals surface area contributed by atoms with Gasteiger partial charge in [0.15, 0.2) is 0 Å². The summed E-state index contributed by atoms with van der Waals surface area (Å²) in [6.07, 6.45) is 6.64. The molecule has 0 aliphatic carbocycles. The highest BCUT2D eigenvalue weighted by Gasteiger charge is 2.45. The van der Waals surface area contributed by atoms with E-state index in [1.807, 2.05) is 17.9 Å². The molecule has 2 aliphatic rings. The zero-order valence-electron chi connectivity index (χ0n) is 14.6. The Kier molecular flexibility index (Phi) is 4.49. The molecule has 1 N–H and O–H groups in total. The molecule has 1 amide bonds. The van der Waals surface area contributed by atoms with Crippen LogP contribution in [0.4, 0.5) is 0 Å². The molecule has 1 aromatic heterocycles. The molecule has 0 spiro atoms. The summed E-state index contributed by atoms with van der Waals surface area (Å²) in [6, 6.07) is 11.1. The van der Waals surface area contributed by atoms with Gasteiger partial charge in [0, 0.05) is 30.7 Å². The van der Waals surface area contributed by atoms with E-state index in [1.165, 1.54) is 12.0 Å². The first-order valence-corrected chi connectivity index (χ1v) is 9.12. The molecule has 130 valence electrons. The molecule has 2 aliphatic heterocycles. The first-order valence-electron chi connectivity index (χ1n) is 9.12. The zero-order valence-corrected chi connectivity index (χ0v) is 14.6. The van der Waals surface area contributed by atoms with Crippen molar-refractivity contribution in [3.63, 3.8) is 0 Å². The molecule has 5 nitrogen and oxygen atoms in total. The number of rotatable bonds is 2. The van der Waals surface area contributed by atoms with Gasteiger partial charge in [0.05, 0.1) is 11.9 Å². The Balaban J connectivity index is 1.65. The van der Waals surface area contributed by atoms with Gasteiger partial charge in [-0.05, 0) is 31.9 Å². The van der Waals surface area contributed by atoms with E-state index in [-0.39, 0.29) is 11.9 Å². The summed E-state index contributed by atoms with van der Waals surface area (Å²) >= 11 is 0. The van der Waals surface area contributed by atoms with Crippen molar-refractivity contribution in [3.8, 4) is 0 Å². The summed E-state index contributed by atoms with van der Waals surface area (Å²) < 4.78 is 0. The number of aromatic nitrogens is 2. The van der Waals surface area contributed by atoms with Crippen molar-refractivity contribution < 1.29 is 4.79 Å². The van der Waals surface area contributed by atoms with Gasteiger partial charge >= 0.3 is 0 Å². The SMILES string of the molecule is Cc1cnc(C(=O)N2C[C@@H](c3ccccc3)[C@@H]3NCCCC[C@@H]32)cn1. The van der Waals surface area contributed by atoms with Crippen LogP contribution in [0.2, 0.25) is 0 Å². The maximum absolute atomic E-state index is 13.1. The number of fused-ring (bicyclic) bond motifs is 1. The van der Waals surface area contributed by atoms with E-state index in [2.05, 4.69) is 39.6 Å². The van der Waals surface area contributed by atoms with Crippen LogP contribution < -0.4 is 5.32 Å². The number of amides is 1.